The average molecular weight is 379 g/mol. The van der Waals surface area contributed by atoms with Crippen molar-refractivity contribution in [2.75, 3.05) is 6.54 Å². The van der Waals surface area contributed by atoms with Crippen LogP contribution in [-0.2, 0) is 9.59 Å². The van der Waals surface area contributed by atoms with Crippen LogP contribution in [0.4, 0.5) is 0 Å². The second-order valence-electron chi connectivity index (χ2n) is 7.00. The van der Waals surface area contributed by atoms with Gasteiger partial charge in [0.05, 0.1) is 6.54 Å². The third kappa shape index (κ3) is 5.42. The number of carbonyl (C=O) groups is 3. The van der Waals surface area contributed by atoms with E-state index in [2.05, 4.69) is 16.2 Å². The number of carbonyl (C=O) groups excluding carboxylic acids is 3. The molecule has 2 aromatic rings. The quantitative estimate of drug-likeness (QED) is 0.698. The zero-order valence-corrected chi connectivity index (χ0v) is 15.7. The summed E-state index contributed by atoms with van der Waals surface area (Å²) >= 11 is 0. The topological polar surface area (TPSA) is 87.3 Å². The Labute approximate surface area is 164 Å². The molecule has 0 atom stereocenters. The Kier molecular flexibility index (Phi) is 6.78. The molecule has 3 rings (SSSR count). The van der Waals surface area contributed by atoms with E-state index in [0.717, 1.165) is 36.8 Å². The van der Waals surface area contributed by atoms with Gasteiger partial charge in [-0.05, 0) is 36.1 Å². The SMILES string of the molecule is O=C(CNC(=O)C1CCCCC1)NNC(=O)c1ccc(-c2ccccc2)cc1. The van der Waals surface area contributed by atoms with Gasteiger partial charge in [-0.2, -0.15) is 0 Å². The van der Waals surface area contributed by atoms with Crippen molar-refractivity contribution >= 4 is 17.7 Å². The molecule has 0 radical (unpaired) electrons. The van der Waals surface area contributed by atoms with Gasteiger partial charge >= 0.3 is 0 Å². The monoisotopic (exact) mass is 379 g/mol. The van der Waals surface area contributed by atoms with Crippen LogP contribution in [0, 0.1) is 5.92 Å². The van der Waals surface area contributed by atoms with E-state index in [1.807, 2.05) is 42.5 Å². The molecule has 1 aliphatic carbocycles. The fraction of sp³-hybridized carbons (Fsp3) is 0.318. The fourth-order valence-corrected chi connectivity index (χ4v) is 3.36. The smallest absolute Gasteiger partial charge is 0.269 e. The minimum atomic E-state index is -0.460. The second kappa shape index (κ2) is 9.69. The first-order valence-corrected chi connectivity index (χ1v) is 9.66. The Morgan fingerprint density at radius 1 is 0.786 bits per heavy atom. The first-order chi connectivity index (χ1) is 13.6. The summed E-state index contributed by atoms with van der Waals surface area (Å²) in [4.78, 5) is 36.1. The van der Waals surface area contributed by atoms with Crippen LogP contribution >= 0.6 is 0 Å². The highest BCUT2D eigenvalue weighted by molar-refractivity contribution is 5.96. The third-order valence-corrected chi connectivity index (χ3v) is 4.97. The van der Waals surface area contributed by atoms with Crippen molar-refractivity contribution in [3.63, 3.8) is 0 Å². The molecule has 1 saturated carbocycles. The van der Waals surface area contributed by atoms with Gasteiger partial charge in [0.1, 0.15) is 0 Å². The summed E-state index contributed by atoms with van der Waals surface area (Å²) in [5.74, 6) is -0.957. The Balaban J connectivity index is 1.43. The minimum absolute atomic E-state index is 0.000676. The van der Waals surface area contributed by atoms with E-state index >= 15 is 0 Å². The van der Waals surface area contributed by atoms with Crippen molar-refractivity contribution in [3.05, 3.63) is 60.2 Å². The summed E-state index contributed by atoms with van der Waals surface area (Å²) in [6, 6.07) is 17.0. The molecule has 3 amide bonds. The molecule has 2 aromatic carbocycles. The van der Waals surface area contributed by atoms with E-state index in [1.165, 1.54) is 6.42 Å². The molecule has 0 unspecified atom stereocenters. The lowest BCUT2D eigenvalue weighted by atomic mass is 9.89. The number of rotatable bonds is 5. The summed E-state index contributed by atoms with van der Waals surface area (Å²) in [6.07, 6.45) is 5.04. The molecule has 1 fully saturated rings. The highest BCUT2D eigenvalue weighted by Gasteiger charge is 2.21. The predicted octanol–water partition coefficient (Wildman–Crippen LogP) is 2.81. The van der Waals surface area contributed by atoms with E-state index in [1.54, 1.807) is 12.1 Å². The second-order valence-corrected chi connectivity index (χ2v) is 7.00. The van der Waals surface area contributed by atoms with Crippen molar-refractivity contribution in [2.45, 2.75) is 32.1 Å². The van der Waals surface area contributed by atoms with Crippen molar-refractivity contribution in [1.82, 2.24) is 16.2 Å². The Morgan fingerprint density at radius 3 is 2.11 bits per heavy atom. The standard InChI is InChI=1S/C22H25N3O3/c26-20(15-23-21(27)18-9-5-2-6-10-18)24-25-22(28)19-13-11-17(12-14-19)16-7-3-1-4-8-16/h1,3-4,7-8,11-14,18H,2,5-6,9-10,15H2,(H,23,27)(H,24,26)(H,25,28). The number of nitrogens with one attached hydrogen (secondary N) is 3. The Bertz CT molecular complexity index is 813. The number of hydrazine groups is 1. The first kappa shape index (κ1) is 19.6. The molecule has 0 heterocycles. The van der Waals surface area contributed by atoms with Crippen molar-refractivity contribution in [1.29, 1.82) is 0 Å². The molecule has 0 saturated heterocycles. The van der Waals surface area contributed by atoms with Gasteiger partial charge in [-0.15, -0.1) is 0 Å². The molecule has 6 heteroatoms. The molecular formula is C22H25N3O3. The van der Waals surface area contributed by atoms with Crippen LogP contribution in [0.1, 0.15) is 42.5 Å². The molecule has 28 heavy (non-hydrogen) atoms. The Hall–Kier alpha value is -3.15. The lowest BCUT2D eigenvalue weighted by Gasteiger charge is -2.20. The summed E-state index contributed by atoms with van der Waals surface area (Å²) in [6.45, 7) is -0.150. The first-order valence-electron chi connectivity index (χ1n) is 9.66. The van der Waals surface area contributed by atoms with Crippen LogP contribution in [0.25, 0.3) is 11.1 Å². The lowest BCUT2D eigenvalue weighted by Crippen LogP contribution is -2.47. The van der Waals surface area contributed by atoms with E-state index < -0.39 is 11.8 Å². The zero-order chi connectivity index (χ0) is 19.8. The zero-order valence-electron chi connectivity index (χ0n) is 15.7. The minimum Gasteiger partial charge on any atom is -0.347 e. The normalized spacial score (nSPS) is 14.1. The van der Waals surface area contributed by atoms with Gasteiger partial charge < -0.3 is 5.32 Å². The van der Waals surface area contributed by atoms with Crippen LogP contribution in [0.5, 0.6) is 0 Å². The van der Waals surface area contributed by atoms with Crippen LogP contribution in [0.15, 0.2) is 54.6 Å². The largest absolute Gasteiger partial charge is 0.347 e. The molecular weight excluding hydrogens is 354 g/mol. The highest BCUT2D eigenvalue weighted by atomic mass is 16.2. The maximum Gasteiger partial charge on any atom is 0.269 e. The molecule has 0 spiro atoms. The molecule has 1 aliphatic rings. The van der Waals surface area contributed by atoms with Crippen LogP contribution in [0.3, 0.4) is 0 Å². The van der Waals surface area contributed by atoms with Gasteiger partial charge in [-0.3, -0.25) is 25.2 Å². The van der Waals surface area contributed by atoms with Gasteiger partial charge in [0, 0.05) is 11.5 Å². The third-order valence-electron chi connectivity index (χ3n) is 4.97. The van der Waals surface area contributed by atoms with Gasteiger partial charge in [-0.25, -0.2) is 0 Å². The fourth-order valence-electron chi connectivity index (χ4n) is 3.36. The van der Waals surface area contributed by atoms with Gasteiger partial charge in [0.2, 0.25) is 5.91 Å². The average Bonchev–Trinajstić information content (AvgIpc) is 2.77. The number of benzene rings is 2. The van der Waals surface area contributed by atoms with Gasteiger partial charge in [0.25, 0.3) is 11.8 Å². The molecule has 6 nitrogen and oxygen atoms in total. The molecule has 0 aliphatic heterocycles. The van der Waals surface area contributed by atoms with E-state index in [4.69, 9.17) is 0 Å². The van der Waals surface area contributed by atoms with Crippen LogP contribution < -0.4 is 16.2 Å². The summed E-state index contributed by atoms with van der Waals surface area (Å²) in [7, 11) is 0. The van der Waals surface area contributed by atoms with Gasteiger partial charge in [0.15, 0.2) is 0 Å². The molecule has 0 bridgehead atoms. The van der Waals surface area contributed by atoms with Crippen molar-refractivity contribution < 1.29 is 14.4 Å². The van der Waals surface area contributed by atoms with Gasteiger partial charge in [-0.1, -0.05) is 61.7 Å². The predicted molar refractivity (Wildman–Crippen MR) is 107 cm³/mol. The Morgan fingerprint density at radius 2 is 1.43 bits per heavy atom. The van der Waals surface area contributed by atoms with Crippen LogP contribution in [0.2, 0.25) is 0 Å². The van der Waals surface area contributed by atoms with Crippen LogP contribution in [-0.4, -0.2) is 24.3 Å². The van der Waals surface area contributed by atoms with Crippen molar-refractivity contribution in [2.24, 2.45) is 5.92 Å². The summed E-state index contributed by atoms with van der Waals surface area (Å²) in [5.41, 5.74) is 7.21. The number of hydrogen-bond donors (Lipinski definition) is 3. The highest BCUT2D eigenvalue weighted by Crippen LogP contribution is 2.23. The number of hydrogen-bond acceptors (Lipinski definition) is 3. The van der Waals surface area contributed by atoms with Crippen molar-refractivity contribution in [3.8, 4) is 11.1 Å². The maximum absolute atomic E-state index is 12.2. The van der Waals surface area contributed by atoms with E-state index in [9.17, 15) is 14.4 Å². The number of amides is 3. The molecule has 3 N–H and O–H groups in total. The maximum atomic E-state index is 12.2. The van der Waals surface area contributed by atoms with E-state index in [0.29, 0.717) is 5.56 Å². The summed E-state index contributed by atoms with van der Waals surface area (Å²) in [5, 5.41) is 2.64. The summed E-state index contributed by atoms with van der Waals surface area (Å²) < 4.78 is 0. The molecule has 146 valence electrons. The van der Waals surface area contributed by atoms with E-state index in [-0.39, 0.29) is 18.4 Å². The lowest BCUT2D eigenvalue weighted by molar-refractivity contribution is -0.129. The molecule has 0 aromatic heterocycles.